The van der Waals surface area contributed by atoms with Crippen molar-refractivity contribution in [2.45, 2.75) is 40.0 Å². The summed E-state index contributed by atoms with van der Waals surface area (Å²) in [5.41, 5.74) is 1.03. The lowest BCUT2D eigenvalue weighted by Crippen LogP contribution is -2.15. The van der Waals surface area contributed by atoms with Crippen LogP contribution >= 0.6 is 0 Å². The third-order valence-electron chi connectivity index (χ3n) is 2.34. The fraction of sp³-hybridized carbons (Fsp3) is 0.571. The summed E-state index contributed by atoms with van der Waals surface area (Å²) >= 11 is 0. The minimum absolute atomic E-state index is 0.0228. The summed E-state index contributed by atoms with van der Waals surface area (Å²) in [5, 5.41) is 9.52. The van der Waals surface area contributed by atoms with Gasteiger partial charge in [0.1, 0.15) is 11.5 Å². The van der Waals surface area contributed by atoms with Crippen LogP contribution in [-0.2, 0) is 5.41 Å². The Hall–Kier alpha value is -1.18. The molecular formula is C14H22O2. The van der Waals surface area contributed by atoms with Crippen molar-refractivity contribution in [3.05, 3.63) is 23.8 Å². The van der Waals surface area contributed by atoms with Crippen LogP contribution in [0.3, 0.4) is 0 Å². The van der Waals surface area contributed by atoms with Crippen LogP contribution in [0.1, 0.15) is 40.2 Å². The first-order valence-corrected chi connectivity index (χ1v) is 5.77. The number of phenolic OH excluding ortho intramolecular Hbond substituents is 1. The minimum atomic E-state index is -0.0228. The van der Waals surface area contributed by atoms with Crippen molar-refractivity contribution in [3.8, 4) is 11.5 Å². The molecule has 0 bridgehead atoms. The topological polar surface area (TPSA) is 29.5 Å². The molecule has 0 aliphatic carbocycles. The van der Waals surface area contributed by atoms with Crippen LogP contribution in [0.2, 0.25) is 0 Å². The van der Waals surface area contributed by atoms with Gasteiger partial charge in [-0.15, -0.1) is 0 Å². The Morgan fingerprint density at radius 1 is 1.25 bits per heavy atom. The first kappa shape index (κ1) is 12.9. The van der Waals surface area contributed by atoms with Gasteiger partial charge in [-0.1, -0.05) is 34.6 Å². The van der Waals surface area contributed by atoms with Gasteiger partial charge in [0.05, 0.1) is 6.61 Å². The number of aromatic hydroxyl groups is 1. The van der Waals surface area contributed by atoms with Crippen LogP contribution < -0.4 is 4.74 Å². The molecule has 0 amide bonds. The summed E-state index contributed by atoms with van der Waals surface area (Å²) in [4.78, 5) is 0. The van der Waals surface area contributed by atoms with Crippen LogP contribution in [0.15, 0.2) is 18.2 Å². The zero-order chi connectivity index (χ0) is 12.3. The lowest BCUT2D eigenvalue weighted by atomic mass is 9.86. The van der Waals surface area contributed by atoms with Crippen molar-refractivity contribution in [2.24, 2.45) is 5.92 Å². The molecule has 2 heteroatoms. The summed E-state index contributed by atoms with van der Waals surface area (Å²) in [6, 6.07) is 5.30. The van der Waals surface area contributed by atoms with Gasteiger partial charge in [-0.25, -0.2) is 0 Å². The Kier molecular flexibility index (Phi) is 3.84. The summed E-state index contributed by atoms with van der Waals surface area (Å²) in [6.07, 6.45) is 0. The maximum atomic E-state index is 9.52. The van der Waals surface area contributed by atoms with E-state index in [9.17, 15) is 5.11 Å². The minimum Gasteiger partial charge on any atom is -0.508 e. The first-order valence-electron chi connectivity index (χ1n) is 5.77. The standard InChI is InChI=1S/C14H22O2/c1-10(2)9-16-13-7-6-11(15)8-12(13)14(3,4)5/h6-8,10,15H,9H2,1-5H3. The van der Waals surface area contributed by atoms with Gasteiger partial charge >= 0.3 is 0 Å². The number of rotatable bonds is 3. The first-order chi connectivity index (χ1) is 7.30. The van der Waals surface area contributed by atoms with Crippen molar-refractivity contribution in [2.75, 3.05) is 6.61 Å². The third-order valence-corrected chi connectivity index (χ3v) is 2.34. The van der Waals surface area contributed by atoms with E-state index in [0.717, 1.165) is 11.3 Å². The molecule has 0 radical (unpaired) electrons. The smallest absolute Gasteiger partial charge is 0.123 e. The second kappa shape index (κ2) is 4.77. The highest BCUT2D eigenvalue weighted by molar-refractivity contribution is 5.43. The van der Waals surface area contributed by atoms with E-state index in [1.165, 1.54) is 0 Å². The zero-order valence-corrected chi connectivity index (χ0v) is 10.9. The number of hydrogen-bond acceptors (Lipinski definition) is 2. The Morgan fingerprint density at radius 2 is 1.88 bits per heavy atom. The van der Waals surface area contributed by atoms with Crippen LogP contribution in [0.4, 0.5) is 0 Å². The van der Waals surface area contributed by atoms with Crippen LogP contribution in [-0.4, -0.2) is 11.7 Å². The molecule has 0 unspecified atom stereocenters. The molecule has 1 aromatic carbocycles. The maximum absolute atomic E-state index is 9.52. The highest BCUT2D eigenvalue weighted by Gasteiger charge is 2.19. The Bertz CT molecular complexity index is 348. The SMILES string of the molecule is CC(C)COc1ccc(O)cc1C(C)(C)C. The van der Waals surface area contributed by atoms with Gasteiger partial charge in [0, 0.05) is 5.56 Å². The van der Waals surface area contributed by atoms with Gasteiger partial charge < -0.3 is 9.84 Å². The van der Waals surface area contributed by atoms with E-state index in [1.54, 1.807) is 12.1 Å². The second-order valence-electron chi connectivity index (χ2n) is 5.64. The third kappa shape index (κ3) is 3.44. The van der Waals surface area contributed by atoms with Crippen LogP contribution in [0.5, 0.6) is 11.5 Å². The van der Waals surface area contributed by atoms with E-state index in [-0.39, 0.29) is 5.41 Å². The summed E-state index contributed by atoms with van der Waals surface area (Å²) < 4.78 is 5.77. The quantitative estimate of drug-likeness (QED) is 0.844. The molecule has 2 nitrogen and oxygen atoms in total. The van der Waals surface area contributed by atoms with Crippen LogP contribution in [0.25, 0.3) is 0 Å². The van der Waals surface area contributed by atoms with Gasteiger partial charge in [-0.2, -0.15) is 0 Å². The van der Waals surface area contributed by atoms with Crippen molar-refractivity contribution in [1.82, 2.24) is 0 Å². The molecular weight excluding hydrogens is 200 g/mol. The monoisotopic (exact) mass is 222 g/mol. The normalized spacial score (nSPS) is 11.9. The molecule has 0 spiro atoms. The molecule has 0 heterocycles. The number of benzene rings is 1. The van der Waals surface area contributed by atoms with E-state index in [0.29, 0.717) is 18.3 Å². The lowest BCUT2D eigenvalue weighted by molar-refractivity contribution is 0.264. The maximum Gasteiger partial charge on any atom is 0.123 e. The molecule has 0 fully saturated rings. The van der Waals surface area contributed by atoms with Gasteiger partial charge in [0.15, 0.2) is 0 Å². The molecule has 90 valence electrons. The molecule has 0 atom stereocenters. The molecule has 0 saturated heterocycles. The number of ether oxygens (including phenoxy) is 1. The largest absolute Gasteiger partial charge is 0.508 e. The summed E-state index contributed by atoms with van der Waals surface area (Å²) in [6.45, 7) is 11.3. The van der Waals surface area contributed by atoms with Gasteiger partial charge in [-0.05, 0) is 29.5 Å². The Balaban J connectivity index is 2.99. The number of phenols is 1. The fourth-order valence-electron chi connectivity index (χ4n) is 1.49. The predicted octanol–water partition coefficient (Wildman–Crippen LogP) is 3.72. The second-order valence-corrected chi connectivity index (χ2v) is 5.64. The molecule has 0 aliphatic rings. The van der Waals surface area contributed by atoms with Crippen molar-refractivity contribution in [1.29, 1.82) is 0 Å². The average Bonchev–Trinajstić information content (AvgIpc) is 2.14. The highest BCUT2D eigenvalue weighted by Crippen LogP contribution is 2.34. The van der Waals surface area contributed by atoms with Crippen molar-refractivity contribution in [3.63, 3.8) is 0 Å². The van der Waals surface area contributed by atoms with Crippen molar-refractivity contribution >= 4 is 0 Å². The lowest BCUT2D eigenvalue weighted by Gasteiger charge is -2.23. The van der Waals surface area contributed by atoms with Gasteiger partial charge in [0.25, 0.3) is 0 Å². The van der Waals surface area contributed by atoms with Crippen LogP contribution in [0, 0.1) is 5.92 Å². The molecule has 1 rings (SSSR count). The highest BCUT2D eigenvalue weighted by atomic mass is 16.5. The van der Waals surface area contributed by atoms with Gasteiger partial charge in [-0.3, -0.25) is 0 Å². The average molecular weight is 222 g/mol. The Morgan fingerprint density at radius 3 is 2.38 bits per heavy atom. The molecule has 0 aliphatic heterocycles. The Labute approximate surface area is 98.3 Å². The van der Waals surface area contributed by atoms with Gasteiger partial charge in [0.2, 0.25) is 0 Å². The van der Waals surface area contributed by atoms with E-state index in [1.807, 2.05) is 6.07 Å². The summed E-state index contributed by atoms with van der Waals surface area (Å²) in [7, 11) is 0. The number of hydrogen-bond donors (Lipinski definition) is 1. The van der Waals surface area contributed by atoms with E-state index in [4.69, 9.17) is 4.74 Å². The fourth-order valence-corrected chi connectivity index (χ4v) is 1.49. The zero-order valence-electron chi connectivity index (χ0n) is 10.9. The van der Waals surface area contributed by atoms with E-state index < -0.39 is 0 Å². The summed E-state index contributed by atoms with van der Waals surface area (Å²) in [5.74, 6) is 1.67. The molecule has 1 aromatic rings. The molecule has 1 N–H and O–H groups in total. The van der Waals surface area contributed by atoms with E-state index in [2.05, 4.69) is 34.6 Å². The molecule has 0 saturated carbocycles. The molecule has 0 aromatic heterocycles. The predicted molar refractivity (Wildman–Crippen MR) is 67.1 cm³/mol. The molecule has 16 heavy (non-hydrogen) atoms. The van der Waals surface area contributed by atoms with E-state index >= 15 is 0 Å². The van der Waals surface area contributed by atoms with Crippen molar-refractivity contribution < 1.29 is 9.84 Å².